The van der Waals surface area contributed by atoms with E-state index in [-0.39, 0.29) is 0 Å². The van der Waals surface area contributed by atoms with Crippen LogP contribution < -0.4 is 0 Å². The molecule has 0 amide bonds. The van der Waals surface area contributed by atoms with Gasteiger partial charge in [-0.3, -0.25) is 0 Å². The summed E-state index contributed by atoms with van der Waals surface area (Å²) in [5, 5.41) is 0. The van der Waals surface area contributed by atoms with Gasteiger partial charge in [0, 0.05) is 0 Å². The highest BCUT2D eigenvalue weighted by atomic mass is 13.4. The summed E-state index contributed by atoms with van der Waals surface area (Å²) in [7, 11) is 0. The molecule has 0 saturated heterocycles. The normalized spacial score (nSPS) is 3.92. The van der Waals surface area contributed by atoms with Gasteiger partial charge >= 0.3 is 0 Å². The fourth-order valence-electron chi connectivity index (χ4n) is 0. The summed E-state index contributed by atoms with van der Waals surface area (Å²) in [5.74, 6) is 0. The molecular formula is C12H30. The van der Waals surface area contributed by atoms with Crippen molar-refractivity contribution in [1.29, 1.82) is 0 Å². The van der Waals surface area contributed by atoms with Crippen molar-refractivity contribution in [2.75, 3.05) is 0 Å². The molecule has 0 heteroatoms. The molecule has 0 nitrogen and oxygen atoms in total. The van der Waals surface area contributed by atoms with E-state index < -0.39 is 0 Å². The van der Waals surface area contributed by atoms with Crippen LogP contribution in [0, 0.1) is 0 Å². The van der Waals surface area contributed by atoms with Gasteiger partial charge in [-0.25, -0.2) is 0 Å². The Morgan fingerprint density at radius 1 is 0.917 bits per heavy atom. The van der Waals surface area contributed by atoms with Crippen molar-refractivity contribution >= 4 is 0 Å². The second-order valence-corrected chi connectivity index (χ2v) is 1.12. The van der Waals surface area contributed by atoms with E-state index in [1.807, 2.05) is 34.6 Å². The van der Waals surface area contributed by atoms with E-state index in [2.05, 4.69) is 33.6 Å². The Hall–Kier alpha value is -0.520. The number of hydrogen-bond acceptors (Lipinski definition) is 0. The molecule has 0 fully saturated rings. The van der Waals surface area contributed by atoms with Crippen LogP contribution in [0.5, 0.6) is 0 Å². The highest BCUT2D eigenvalue weighted by molar-refractivity contribution is 4.51. The highest BCUT2D eigenvalue weighted by Gasteiger charge is 1.35. The van der Waals surface area contributed by atoms with Crippen molar-refractivity contribution in [2.45, 2.75) is 54.9 Å². The van der Waals surface area contributed by atoms with Crippen LogP contribution in [0.25, 0.3) is 0 Å². The molecular weight excluding hydrogens is 144 g/mol. The van der Waals surface area contributed by atoms with Gasteiger partial charge in [-0.15, -0.1) is 19.7 Å². The lowest BCUT2D eigenvalue weighted by molar-refractivity contribution is 1.09. The molecule has 0 heterocycles. The van der Waals surface area contributed by atoms with E-state index in [9.17, 15) is 0 Å². The minimum atomic E-state index is 1.25. The first-order valence-corrected chi connectivity index (χ1v) is 4.90. The fourth-order valence-corrected chi connectivity index (χ4v) is 0. The summed E-state index contributed by atoms with van der Waals surface area (Å²) in [6, 6.07) is 0. The van der Waals surface area contributed by atoms with Crippen LogP contribution in [0.2, 0.25) is 0 Å². The van der Waals surface area contributed by atoms with E-state index in [1.54, 1.807) is 6.08 Å². The predicted molar refractivity (Wildman–Crippen MR) is 65.8 cm³/mol. The Bertz CT molecular complexity index is 21.2. The van der Waals surface area contributed by atoms with Crippen LogP contribution in [0.15, 0.2) is 25.8 Å². The van der Waals surface area contributed by atoms with Gasteiger partial charge in [-0.1, -0.05) is 54.0 Å². The molecule has 0 atom stereocenters. The molecule has 0 radical (unpaired) electrons. The van der Waals surface area contributed by atoms with Crippen LogP contribution in [0.1, 0.15) is 54.9 Å². The van der Waals surface area contributed by atoms with Gasteiger partial charge in [0.2, 0.25) is 0 Å². The first-order chi connectivity index (χ1) is 5.83. The average Bonchev–Trinajstić information content (AvgIpc) is 2.16. The zero-order valence-electron chi connectivity index (χ0n) is 10.4. The number of rotatable bonds is 0. The van der Waals surface area contributed by atoms with Gasteiger partial charge in [-0.05, 0) is 6.92 Å². The van der Waals surface area contributed by atoms with Crippen molar-refractivity contribution in [3.8, 4) is 0 Å². The smallest absolute Gasteiger partial charge is 0.0473 e. The SMILES string of the molecule is C=C.C=CC.CC.CC.CCC. The van der Waals surface area contributed by atoms with Gasteiger partial charge in [0.1, 0.15) is 0 Å². The summed E-state index contributed by atoms with van der Waals surface area (Å²) >= 11 is 0. The molecule has 0 saturated carbocycles. The van der Waals surface area contributed by atoms with Crippen LogP contribution >= 0.6 is 0 Å². The minimum absolute atomic E-state index is 1.25. The van der Waals surface area contributed by atoms with Crippen molar-refractivity contribution in [1.82, 2.24) is 0 Å². The Labute approximate surface area is 81.4 Å². The lowest BCUT2D eigenvalue weighted by Crippen LogP contribution is -1.27. The van der Waals surface area contributed by atoms with E-state index in [0.29, 0.717) is 0 Å². The highest BCUT2D eigenvalue weighted by Crippen LogP contribution is 1.56. The Morgan fingerprint density at radius 2 is 0.917 bits per heavy atom. The van der Waals surface area contributed by atoms with E-state index in [1.165, 1.54) is 6.42 Å². The molecule has 0 aromatic heterocycles. The Kier molecular flexibility index (Phi) is 1080. The molecule has 0 aromatic carbocycles. The summed E-state index contributed by atoms with van der Waals surface area (Å²) in [6.45, 7) is 23.5. The first-order valence-electron chi connectivity index (χ1n) is 4.90. The second kappa shape index (κ2) is 430. The molecule has 0 rings (SSSR count). The van der Waals surface area contributed by atoms with Gasteiger partial charge < -0.3 is 0 Å². The van der Waals surface area contributed by atoms with Crippen molar-refractivity contribution in [3.63, 3.8) is 0 Å². The maximum absolute atomic E-state index is 3.36. The van der Waals surface area contributed by atoms with Crippen LogP contribution in [0.3, 0.4) is 0 Å². The molecule has 12 heavy (non-hydrogen) atoms. The number of hydrogen-bond donors (Lipinski definition) is 0. The van der Waals surface area contributed by atoms with Crippen molar-refractivity contribution in [2.24, 2.45) is 0 Å². The predicted octanol–water partition coefficient (Wildman–Crippen LogP) is 5.46. The lowest BCUT2D eigenvalue weighted by atomic mass is 10.6. The largest absolute Gasteiger partial charge is 0.106 e. The van der Waals surface area contributed by atoms with Gasteiger partial charge in [-0.2, -0.15) is 0 Å². The number of allylic oxidation sites excluding steroid dienone is 1. The summed E-state index contributed by atoms with van der Waals surface area (Å²) in [4.78, 5) is 0. The third-order valence-corrected chi connectivity index (χ3v) is 0. The molecule has 0 unspecified atom stereocenters. The summed E-state index contributed by atoms with van der Waals surface area (Å²) in [5.41, 5.74) is 0. The monoisotopic (exact) mass is 174 g/mol. The van der Waals surface area contributed by atoms with E-state index in [0.717, 1.165) is 0 Å². The van der Waals surface area contributed by atoms with Crippen molar-refractivity contribution < 1.29 is 0 Å². The maximum atomic E-state index is 3.36. The summed E-state index contributed by atoms with van der Waals surface area (Å²) in [6.07, 6.45) is 3.00. The Morgan fingerprint density at radius 3 is 0.917 bits per heavy atom. The maximum Gasteiger partial charge on any atom is -0.0473 e. The molecule has 0 N–H and O–H groups in total. The van der Waals surface area contributed by atoms with Crippen LogP contribution in [-0.4, -0.2) is 0 Å². The van der Waals surface area contributed by atoms with Gasteiger partial charge in [0.25, 0.3) is 0 Å². The molecule has 0 aliphatic carbocycles. The summed E-state index contributed by atoms with van der Waals surface area (Å²) < 4.78 is 0. The second-order valence-electron chi connectivity index (χ2n) is 1.12. The molecule has 0 aliphatic rings. The molecule has 0 bridgehead atoms. The lowest BCUT2D eigenvalue weighted by Gasteiger charge is -1.48. The topological polar surface area (TPSA) is 0 Å². The fraction of sp³-hybridized carbons (Fsp3) is 0.667. The average molecular weight is 174 g/mol. The standard InChI is InChI=1S/C3H8.C3H6.2C2H6.C2H4/c2*1-3-2;3*1-2/h3H2,1-2H3;3H,1H2,2H3;2*1-2H3;1-2H2. The third-order valence-electron chi connectivity index (χ3n) is 0. The zero-order valence-corrected chi connectivity index (χ0v) is 10.4. The first kappa shape index (κ1) is 30.0. The molecule has 0 aliphatic heterocycles. The van der Waals surface area contributed by atoms with E-state index in [4.69, 9.17) is 0 Å². The van der Waals surface area contributed by atoms with Gasteiger partial charge in [0.15, 0.2) is 0 Å². The van der Waals surface area contributed by atoms with Crippen LogP contribution in [0.4, 0.5) is 0 Å². The zero-order chi connectivity index (χ0) is 11.4. The van der Waals surface area contributed by atoms with E-state index >= 15 is 0 Å². The van der Waals surface area contributed by atoms with Crippen LogP contribution in [-0.2, 0) is 0 Å². The molecule has 0 spiro atoms. The van der Waals surface area contributed by atoms with Crippen molar-refractivity contribution in [3.05, 3.63) is 25.8 Å². The molecule has 78 valence electrons. The Balaban J connectivity index is -0.0000000174. The quantitative estimate of drug-likeness (QED) is 0.428. The van der Waals surface area contributed by atoms with Gasteiger partial charge in [0.05, 0.1) is 0 Å². The molecule has 0 aromatic rings. The third kappa shape index (κ3) is 2520. The minimum Gasteiger partial charge on any atom is -0.106 e.